The maximum Gasteiger partial charge on any atom is 0.191 e. The van der Waals surface area contributed by atoms with Crippen molar-refractivity contribution in [1.82, 2.24) is 15.5 Å². The Hall–Kier alpha value is -0.930. The summed E-state index contributed by atoms with van der Waals surface area (Å²) < 4.78 is 19.5. The highest BCUT2D eigenvalue weighted by molar-refractivity contribution is 14.0. The van der Waals surface area contributed by atoms with Crippen molar-refractivity contribution in [3.63, 3.8) is 0 Å². The van der Waals surface area contributed by atoms with Crippen LogP contribution in [0.25, 0.3) is 0 Å². The van der Waals surface area contributed by atoms with Gasteiger partial charge in [0.25, 0.3) is 0 Å². The van der Waals surface area contributed by atoms with Gasteiger partial charge in [0.1, 0.15) is 5.82 Å². The van der Waals surface area contributed by atoms with Crippen molar-refractivity contribution in [2.75, 3.05) is 33.3 Å². The van der Waals surface area contributed by atoms with Crippen molar-refractivity contribution in [2.24, 2.45) is 4.99 Å². The topological polar surface area (TPSA) is 48.9 Å². The monoisotopic (exact) mass is 448 g/mol. The van der Waals surface area contributed by atoms with E-state index in [0.29, 0.717) is 30.7 Å². The van der Waals surface area contributed by atoms with Gasteiger partial charge in [0.15, 0.2) is 5.96 Å². The molecule has 0 bridgehead atoms. The lowest BCUT2D eigenvalue weighted by atomic mass is 10.2. The Bertz CT molecular complexity index is 557. The molecule has 24 heavy (non-hydrogen) atoms. The molecule has 0 radical (unpaired) electrons. The number of benzene rings is 1. The summed E-state index contributed by atoms with van der Waals surface area (Å²) in [5.41, 5.74) is 0.629. The zero-order valence-corrected chi connectivity index (χ0v) is 16.3. The molecule has 3 rings (SSSR count). The standard InChI is InChI=1S/C17H25FN4O.HI/c1-19-17(20-9-13-5-2-3-7-16(13)18)21-10-15-11-22-8-4-6-14(22)12-23-15;/h2-3,5,7,14-15H,4,6,8-12H2,1H3,(H2,19,20,21);1H. The lowest BCUT2D eigenvalue weighted by Gasteiger charge is -2.35. The van der Waals surface area contributed by atoms with Gasteiger partial charge in [-0.1, -0.05) is 18.2 Å². The molecule has 0 amide bonds. The lowest BCUT2D eigenvalue weighted by Crippen LogP contribution is -2.51. The van der Waals surface area contributed by atoms with Crippen LogP contribution >= 0.6 is 24.0 Å². The fourth-order valence-corrected chi connectivity index (χ4v) is 3.26. The first-order valence-corrected chi connectivity index (χ1v) is 8.30. The van der Waals surface area contributed by atoms with Crippen LogP contribution in [0.1, 0.15) is 18.4 Å². The molecule has 0 aliphatic carbocycles. The van der Waals surface area contributed by atoms with Crippen molar-refractivity contribution in [3.05, 3.63) is 35.6 Å². The first-order chi connectivity index (χ1) is 11.3. The van der Waals surface area contributed by atoms with Crippen LogP contribution in [-0.2, 0) is 11.3 Å². The zero-order valence-electron chi connectivity index (χ0n) is 14.0. The van der Waals surface area contributed by atoms with Crippen molar-refractivity contribution in [3.8, 4) is 0 Å². The van der Waals surface area contributed by atoms with Crippen LogP contribution in [0.4, 0.5) is 4.39 Å². The predicted molar refractivity (Wildman–Crippen MR) is 104 cm³/mol. The number of hydrogen-bond acceptors (Lipinski definition) is 3. The number of ether oxygens (including phenoxy) is 1. The van der Waals surface area contributed by atoms with Gasteiger partial charge in [0.2, 0.25) is 0 Å². The molecule has 2 heterocycles. The van der Waals surface area contributed by atoms with E-state index in [4.69, 9.17) is 4.74 Å². The molecule has 7 heteroatoms. The molecule has 2 saturated heterocycles. The number of hydrogen-bond donors (Lipinski definition) is 2. The molecule has 2 fully saturated rings. The minimum atomic E-state index is -0.203. The summed E-state index contributed by atoms with van der Waals surface area (Å²) in [4.78, 5) is 6.71. The minimum absolute atomic E-state index is 0. The summed E-state index contributed by atoms with van der Waals surface area (Å²) in [6, 6.07) is 7.38. The van der Waals surface area contributed by atoms with Crippen molar-refractivity contribution < 1.29 is 9.13 Å². The molecule has 5 nitrogen and oxygen atoms in total. The number of aliphatic imine (C=N–C) groups is 1. The number of halogens is 2. The number of rotatable bonds is 4. The van der Waals surface area contributed by atoms with Crippen LogP contribution in [0.2, 0.25) is 0 Å². The minimum Gasteiger partial charge on any atom is -0.373 e. The number of nitrogens with one attached hydrogen (secondary N) is 2. The number of guanidine groups is 1. The van der Waals surface area contributed by atoms with Crippen LogP contribution in [0.15, 0.2) is 29.3 Å². The van der Waals surface area contributed by atoms with Gasteiger partial charge >= 0.3 is 0 Å². The van der Waals surface area contributed by atoms with Gasteiger partial charge in [-0.2, -0.15) is 0 Å². The zero-order chi connectivity index (χ0) is 16.1. The Labute approximate surface area is 160 Å². The lowest BCUT2D eigenvalue weighted by molar-refractivity contribution is -0.0453. The summed E-state index contributed by atoms with van der Waals surface area (Å²) in [6.45, 7) is 4.10. The van der Waals surface area contributed by atoms with E-state index in [1.54, 1.807) is 19.2 Å². The fraction of sp³-hybridized carbons (Fsp3) is 0.588. The van der Waals surface area contributed by atoms with Crippen molar-refractivity contribution in [2.45, 2.75) is 31.5 Å². The van der Waals surface area contributed by atoms with E-state index >= 15 is 0 Å². The Balaban J connectivity index is 0.00000208. The van der Waals surface area contributed by atoms with Crippen molar-refractivity contribution >= 4 is 29.9 Å². The average Bonchev–Trinajstić information content (AvgIpc) is 3.04. The van der Waals surface area contributed by atoms with E-state index in [9.17, 15) is 4.39 Å². The average molecular weight is 448 g/mol. The van der Waals surface area contributed by atoms with Crippen LogP contribution < -0.4 is 10.6 Å². The molecule has 134 valence electrons. The number of morpholine rings is 1. The molecule has 2 atom stereocenters. The molecule has 2 aliphatic rings. The first-order valence-electron chi connectivity index (χ1n) is 8.30. The third kappa shape index (κ3) is 5.03. The molecule has 2 aliphatic heterocycles. The summed E-state index contributed by atoms with van der Waals surface area (Å²) in [6.07, 6.45) is 2.71. The molecule has 2 N–H and O–H groups in total. The van der Waals surface area contributed by atoms with E-state index in [2.05, 4.69) is 20.5 Å². The largest absolute Gasteiger partial charge is 0.373 e. The third-order valence-corrected chi connectivity index (χ3v) is 4.59. The fourth-order valence-electron chi connectivity index (χ4n) is 3.26. The highest BCUT2D eigenvalue weighted by Crippen LogP contribution is 2.22. The number of fused-ring (bicyclic) bond motifs is 1. The maximum atomic E-state index is 13.6. The summed E-state index contributed by atoms with van der Waals surface area (Å²) in [5.74, 6) is 0.464. The highest BCUT2D eigenvalue weighted by Gasteiger charge is 2.32. The molecule has 1 aromatic carbocycles. The summed E-state index contributed by atoms with van der Waals surface area (Å²) in [5, 5.41) is 6.42. The van der Waals surface area contributed by atoms with Gasteiger partial charge in [-0.05, 0) is 25.5 Å². The van der Waals surface area contributed by atoms with Gasteiger partial charge in [0.05, 0.1) is 12.7 Å². The van der Waals surface area contributed by atoms with Crippen molar-refractivity contribution in [1.29, 1.82) is 0 Å². The van der Waals surface area contributed by atoms with Crippen LogP contribution in [0.5, 0.6) is 0 Å². The second-order valence-electron chi connectivity index (χ2n) is 6.14. The first kappa shape index (κ1) is 19.4. The molecular formula is C17H26FIN4O. The predicted octanol–water partition coefficient (Wildman–Crippen LogP) is 1.97. The molecule has 2 unspecified atom stereocenters. The van der Waals surface area contributed by atoms with Gasteiger partial charge in [0, 0.05) is 38.3 Å². The third-order valence-electron chi connectivity index (χ3n) is 4.59. The van der Waals surface area contributed by atoms with E-state index in [1.165, 1.54) is 25.5 Å². The van der Waals surface area contributed by atoms with Gasteiger partial charge in [-0.15, -0.1) is 24.0 Å². The molecule has 0 saturated carbocycles. The quantitative estimate of drug-likeness (QED) is 0.420. The molecule has 1 aromatic rings. The summed E-state index contributed by atoms with van der Waals surface area (Å²) >= 11 is 0. The second kappa shape index (κ2) is 9.53. The molecule has 0 aromatic heterocycles. The Kier molecular flexibility index (Phi) is 7.70. The van der Waals surface area contributed by atoms with Gasteiger partial charge in [-0.3, -0.25) is 9.89 Å². The van der Waals surface area contributed by atoms with Crippen LogP contribution in [0.3, 0.4) is 0 Å². The Morgan fingerprint density at radius 1 is 1.38 bits per heavy atom. The summed E-state index contributed by atoms with van der Waals surface area (Å²) in [7, 11) is 1.72. The molecular weight excluding hydrogens is 422 g/mol. The van der Waals surface area contributed by atoms with E-state index in [1.807, 2.05) is 6.07 Å². The van der Waals surface area contributed by atoms with Gasteiger partial charge < -0.3 is 15.4 Å². The van der Waals surface area contributed by atoms with E-state index < -0.39 is 0 Å². The second-order valence-corrected chi connectivity index (χ2v) is 6.14. The highest BCUT2D eigenvalue weighted by atomic mass is 127. The Morgan fingerprint density at radius 2 is 2.21 bits per heavy atom. The molecule has 0 spiro atoms. The van der Waals surface area contributed by atoms with Crippen LogP contribution in [-0.4, -0.2) is 56.3 Å². The SMILES string of the molecule is CN=C(NCc1ccccc1F)NCC1CN2CCCC2CO1.I. The number of nitrogens with zero attached hydrogens (tertiary/aromatic N) is 2. The van der Waals surface area contributed by atoms with E-state index in [0.717, 1.165) is 13.2 Å². The van der Waals surface area contributed by atoms with E-state index in [-0.39, 0.29) is 35.9 Å². The Morgan fingerprint density at radius 3 is 3.00 bits per heavy atom. The normalized spacial score (nSPS) is 24.2. The maximum absolute atomic E-state index is 13.6. The van der Waals surface area contributed by atoms with Gasteiger partial charge in [-0.25, -0.2) is 4.39 Å². The van der Waals surface area contributed by atoms with Crippen LogP contribution in [0, 0.1) is 5.82 Å². The smallest absolute Gasteiger partial charge is 0.191 e.